The van der Waals surface area contributed by atoms with Crippen LogP contribution in [0.3, 0.4) is 0 Å². The molecule has 0 aliphatic heterocycles. The number of nitrogens with zero attached hydrogens (tertiary/aromatic N) is 1. The lowest BCUT2D eigenvalue weighted by Gasteiger charge is -2.05. The van der Waals surface area contributed by atoms with Crippen LogP contribution in [-0.4, -0.2) is 22.1 Å². The van der Waals surface area contributed by atoms with Gasteiger partial charge in [-0.05, 0) is 24.3 Å². The number of carbonyl (C=O) groups is 1. The number of nitrogens with one attached hydrogen (secondary N) is 1. The lowest BCUT2D eigenvalue weighted by atomic mass is 10.1. The Bertz CT molecular complexity index is 610. The summed E-state index contributed by atoms with van der Waals surface area (Å²) in [5.41, 5.74) is 2.92. The average molecular weight is 292 g/mol. The van der Waals surface area contributed by atoms with Gasteiger partial charge in [0.25, 0.3) is 0 Å². The minimum Gasteiger partial charge on any atom is -0.465 e. The maximum atomic E-state index is 10.8. The van der Waals surface area contributed by atoms with E-state index in [9.17, 15) is 4.79 Å². The SMILES string of the molecule is CCSCc1cccc(-c2onc(C)c2NC(=O)O)c1. The molecule has 6 heteroatoms. The molecule has 1 aromatic carbocycles. The predicted octanol–water partition coefficient (Wildman–Crippen LogP) is 3.99. The number of anilines is 1. The number of amides is 1. The first-order valence-electron chi connectivity index (χ1n) is 6.25. The molecular weight excluding hydrogens is 276 g/mol. The van der Waals surface area contributed by atoms with Gasteiger partial charge in [0.1, 0.15) is 11.4 Å². The van der Waals surface area contributed by atoms with Crippen LogP contribution in [-0.2, 0) is 5.75 Å². The second-order valence-electron chi connectivity index (χ2n) is 4.24. The zero-order valence-corrected chi connectivity index (χ0v) is 12.2. The lowest BCUT2D eigenvalue weighted by Crippen LogP contribution is -2.08. The smallest absolute Gasteiger partial charge is 0.409 e. The van der Waals surface area contributed by atoms with Crippen molar-refractivity contribution in [2.45, 2.75) is 19.6 Å². The molecule has 0 saturated heterocycles. The van der Waals surface area contributed by atoms with Gasteiger partial charge >= 0.3 is 6.09 Å². The number of thioether (sulfide) groups is 1. The number of aryl methyl sites for hydroxylation is 1. The number of hydrogen-bond acceptors (Lipinski definition) is 4. The third-order valence-electron chi connectivity index (χ3n) is 2.76. The first-order chi connectivity index (χ1) is 9.61. The number of hydrogen-bond donors (Lipinski definition) is 2. The van der Waals surface area contributed by atoms with E-state index in [-0.39, 0.29) is 0 Å². The average Bonchev–Trinajstić information content (AvgIpc) is 2.78. The Kier molecular flexibility index (Phi) is 4.68. The van der Waals surface area contributed by atoms with Gasteiger partial charge in [-0.1, -0.05) is 30.3 Å². The Balaban J connectivity index is 2.33. The lowest BCUT2D eigenvalue weighted by molar-refractivity contribution is 0.209. The molecular formula is C14H16N2O3S. The van der Waals surface area contributed by atoms with Crippen molar-refractivity contribution in [2.75, 3.05) is 11.1 Å². The normalized spacial score (nSPS) is 10.5. The highest BCUT2D eigenvalue weighted by Gasteiger charge is 2.17. The molecule has 1 heterocycles. The van der Waals surface area contributed by atoms with Crippen LogP contribution in [0.4, 0.5) is 10.5 Å². The molecule has 0 aliphatic carbocycles. The standard InChI is InChI=1S/C14H16N2O3S/c1-3-20-8-10-5-4-6-11(7-10)13-12(15-14(17)18)9(2)16-19-13/h4-7,15H,3,8H2,1-2H3,(H,17,18). The molecule has 0 saturated carbocycles. The second kappa shape index (κ2) is 6.47. The van der Waals surface area contributed by atoms with Gasteiger partial charge in [-0.15, -0.1) is 0 Å². The minimum atomic E-state index is -1.13. The van der Waals surface area contributed by atoms with E-state index in [0.29, 0.717) is 17.1 Å². The fraction of sp³-hybridized carbons (Fsp3) is 0.286. The van der Waals surface area contributed by atoms with E-state index >= 15 is 0 Å². The molecule has 1 aromatic heterocycles. The molecule has 20 heavy (non-hydrogen) atoms. The Hall–Kier alpha value is -1.95. The first kappa shape index (κ1) is 14.5. The molecule has 1 amide bonds. The Morgan fingerprint density at radius 3 is 3.00 bits per heavy atom. The molecule has 2 aromatic rings. The van der Waals surface area contributed by atoms with Crippen LogP contribution in [0.5, 0.6) is 0 Å². The molecule has 0 fully saturated rings. The molecule has 2 N–H and O–H groups in total. The Morgan fingerprint density at radius 1 is 1.50 bits per heavy atom. The fourth-order valence-corrected chi connectivity index (χ4v) is 2.46. The number of carboxylic acid groups (broad SMARTS) is 1. The van der Waals surface area contributed by atoms with E-state index in [1.54, 1.807) is 6.92 Å². The van der Waals surface area contributed by atoms with Crippen LogP contribution in [0, 0.1) is 6.92 Å². The summed E-state index contributed by atoms with van der Waals surface area (Å²) in [4.78, 5) is 10.8. The van der Waals surface area contributed by atoms with Crippen LogP contribution in [0.2, 0.25) is 0 Å². The van der Waals surface area contributed by atoms with Crippen molar-refractivity contribution in [2.24, 2.45) is 0 Å². The van der Waals surface area contributed by atoms with Gasteiger partial charge in [-0.25, -0.2) is 4.79 Å². The first-order valence-corrected chi connectivity index (χ1v) is 7.40. The highest BCUT2D eigenvalue weighted by atomic mass is 32.2. The fourth-order valence-electron chi connectivity index (χ4n) is 1.84. The summed E-state index contributed by atoms with van der Waals surface area (Å²) in [6.45, 7) is 3.82. The third kappa shape index (κ3) is 3.33. The van der Waals surface area contributed by atoms with E-state index < -0.39 is 6.09 Å². The summed E-state index contributed by atoms with van der Waals surface area (Å²) in [6, 6.07) is 7.85. The number of benzene rings is 1. The van der Waals surface area contributed by atoms with Crippen molar-refractivity contribution >= 4 is 23.5 Å². The summed E-state index contributed by atoms with van der Waals surface area (Å²) in [6.07, 6.45) is -1.13. The molecule has 5 nitrogen and oxygen atoms in total. The maximum absolute atomic E-state index is 10.8. The van der Waals surface area contributed by atoms with Gasteiger partial charge in [0.2, 0.25) is 0 Å². The van der Waals surface area contributed by atoms with E-state index in [1.165, 1.54) is 5.56 Å². The molecule has 106 valence electrons. The van der Waals surface area contributed by atoms with Crippen molar-refractivity contribution in [3.05, 3.63) is 35.5 Å². The van der Waals surface area contributed by atoms with Gasteiger partial charge in [0.15, 0.2) is 5.76 Å². The monoisotopic (exact) mass is 292 g/mol. The summed E-state index contributed by atoms with van der Waals surface area (Å²) < 4.78 is 5.26. The van der Waals surface area contributed by atoms with Crippen molar-refractivity contribution in [3.63, 3.8) is 0 Å². The van der Waals surface area contributed by atoms with E-state index in [2.05, 4.69) is 17.4 Å². The van der Waals surface area contributed by atoms with Gasteiger partial charge in [0, 0.05) is 11.3 Å². The predicted molar refractivity (Wildman–Crippen MR) is 80.2 cm³/mol. The van der Waals surface area contributed by atoms with Crippen molar-refractivity contribution in [1.29, 1.82) is 0 Å². The molecule has 0 atom stereocenters. The van der Waals surface area contributed by atoms with Crippen LogP contribution in [0.15, 0.2) is 28.8 Å². The summed E-state index contributed by atoms with van der Waals surface area (Å²) in [5.74, 6) is 2.42. The highest BCUT2D eigenvalue weighted by molar-refractivity contribution is 7.98. The van der Waals surface area contributed by atoms with Crippen LogP contribution in [0.25, 0.3) is 11.3 Å². The summed E-state index contributed by atoms with van der Waals surface area (Å²) in [5, 5.41) is 15.0. The van der Waals surface area contributed by atoms with Gasteiger partial charge in [-0.2, -0.15) is 11.8 Å². The van der Waals surface area contributed by atoms with Crippen molar-refractivity contribution in [1.82, 2.24) is 5.16 Å². The molecule has 0 spiro atoms. The van der Waals surface area contributed by atoms with Crippen LogP contribution in [0.1, 0.15) is 18.2 Å². The molecule has 0 aliphatic rings. The maximum Gasteiger partial charge on any atom is 0.409 e. The Labute approximate surface area is 121 Å². The largest absolute Gasteiger partial charge is 0.465 e. The summed E-state index contributed by atoms with van der Waals surface area (Å²) in [7, 11) is 0. The quantitative estimate of drug-likeness (QED) is 0.871. The van der Waals surface area contributed by atoms with Gasteiger partial charge < -0.3 is 9.63 Å². The molecule has 2 rings (SSSR count). The molecule has 0 bridgehead atoms. The van der Waals surface area contributed by atoms with Crippen LogP contribution >= 0.6 is 11.8 Å². The van der Waals surface area contributed by atoms with Crippen molar-refractivity contribution < 1.29 is 14.4 Å². The zero-order chi connectivity index (χ0) is 14.5. The van der Waals surface area contributed by atoms with Crippen LogP contribution < -0.4 is 5.32 Å². The van der Waals surface area contributed by atoms with Gasteiger partial charge in [0.05, 0.1) is 0 Å². The number of rotatable bonds is 5. The minimum absolute atomic E-state index is 0.401. The topological polar surface area (TPSA) is 75.4 Å². The van der Waals surface area contributed by atoms with Crippen molar-refractivity contribution in [3.8, 4) is 11.3 Å². The zero-order valence-electron chi connectivity index (χ0n) is 11.3. The molecule has 0 unspecified atom stereocenters. The third-order valence-corrected chi connectivity index (χ3v) is 3.70. The Morgan fingerprint density at radius 2 is 2.30 bits per heavy atom. The van der Waals surface area contributed by atoms with E-state index in [1.807, 2.05) is 36.0 Å². The highest BCUT2D eigenvalue weighted by Crippen LogP contribution is 2.31. The van der Waals surface area contributed by atoms with E-state index in [4.69, 9.17) is 9.63 Å². The number of aromatic nitrogens is 1. The summed E-state index contributed by atoms with van der Waals surface area (Å²) >= 11 is 1.83. The van der Waals surface area contributed by atoms with Gasteiger partial charge in [-0.3, -0.25) is 5.32 Å². The second-order valence-corrected chi connectivity index (χ2v) is 5.51. The molecule has 0 radical (unpaired) electrons. The van der Waals surface area contributed by atoms with E-state index in [0.717, 1.165) is 17.1 Å².